The summed E-state index contributed by atoms with van der Waals surface area (Å²) in [6.07, 6.45) is -3.39. The van der Waals surface area contributed by atoms with Crippen LogP contribution in [0.3, 0.4) is 0 Å². The fraction of sp³-hybridized carbons (Fsp3) is 0.238. The van der Waals surface area contributed by atoms with Crippen LogP contribution < -0.4 is 15.6 Å². The van der Waals surface area contributed by atoms with Gasteiger partial charge in [-0.25, -0.2) is 5.43 Å². The number of rotatable bonds is 6. The Bertz CT molecular complexity index is 1070. The Labute approximate surface area is 182 Å². The van der Waals surface area contributed by atoms with Gasteiger partial charge >= 0.3 is 6.18 Å². The lowest BCUT2D eigenvalue weighted by molar-refractivity contribution is -0.137. The monoisotopic (exact) mass is 443 g/mol. The van der Waals surface area contributed by atoms with E-state index in [0.717, 1.165) is 18.0 Å². The molecule has 2 heterocycles. The van der Waals surface area contributed by atoms with Crippen molar-refractivity contribution in [2.45, 2.75) is 6.18 Å². The molecule has 166 valence electrons. The molecule has 1 aliphatic rings. The van der Waals surface area contributed by atoms with E-state index < -0.39 is 11.7 Å². The molecule has 32 heavy (non-hydrogen) atoms. The Hall–Kier alpha value is -3.73. The van der Waals surface area contributed by atoms with Crippen LogP contribution in [-0.4, -0.2) is 47.5 Å². The molecular formula is C21H20F3N7O. The first kappa shape index (κ1) is 21.5. The summed E-state index contributed by atoms with van der Waals surface area (Å²) in [5, 5.41) is 7.02. The van der Waals surface area contributed by atoms with Gasteiger partial charge < -0.3 is 15.0 Å². The molecule has 4 rings (SSSR count). The minimum absolute atomic E-state index is 0.0717. The number of hydrazone groups is 1. The van der Waals surface area contributed by atoms with Gasteiger partial charge in [-0.1, -0.05) is 36.4 Å². The Morgan fingerprint density at radius 3 is 2.34 bits per heavy atom. The van der Waals surface area contributed by atoms with Crippen LogP contribution in [0.25, 0.3) is 0 Å². The molecule has 2 aromatic carbocycles. The highest BCUT2D eigenvalue weighted by molar-refractivity contribution is 5.82. The molecule has 0 radical (unpaired) electrons. The number of anilines is 4. The van der Waals surface area contributed by atoms with E-state index in [-0.39, 0.29) is 17.5 Å². The van der Waals surface area contributed by atoms with E-state index in [9.17, 15) is 13.2 Å². The Kier molecular flexibility index (Phi) is 6.45. The van der Waals surface area contributed by atoms with Gasteiger partial charge in [0.15, 0.2) is 0 Å². The average Bonchev–Trinajstić information content (AvgIpc) is 2.80. The normalized spacial score (nSPS) is 14.5. The summed E-state index contributed by atoms with van der Waals surface area (Å²) < 4.78 is 44.9. The molecule has 1 saturated heterocycles. The fourth-order valence-electron chi connectivity index (χ4n) is 3.05. The number of alkyl halides is 3. The van der Waals surface area contributed by atoms with Gasteiger partial charge in [0.2, 0.25) is 17.8 Å². The molecule has 1 aromatic heterocycles. The van der Waals surface area contributed by atoms with Crippen LogP contribution in [0, 0.1) is 0 Å². The molecule has 2 N–H and O–H groups in total. The fourth-order valence-corrected chi connectivity index (χ4v) is 3.05. The number of benzene rings is 2. The Morgan fingerprint density at radius 2 is 1.59 bits per heavy atom. The number of para-hydroxylation sites is 1. The third kappa shape index (κ3) is 5.49. The maximum absolute atomic E-state index is 13.2. The number of aromatic nitrogens is 3. The molecule has 1 aliphatic heterocycles. The highest BCUT2D eigenvalue weighted by atomic mass is 19.4. The van der Waals surface area contributed by atoms with Crippen molar-refractivity contribution in [3.63, 3.8) is 0 Å². The third-order valence-corrected chi connectivity index (χ3v) is 4.58. The van der Waals surface area contributed by atoms with E-state index in [2.05, 4.69) is 30.8 Å². The molecule has 0 bridgehead atoms. The largest absolute Gasteiger partial charge is 0.417 e. The highest BCUT2D eigenvalue weighted by Crippen LogP contribution is 2.31. The predicted octanol–water partition coefficient (Wildman–Crippen LogP) is 3.92. The molecule has 3 aromatic rings. The molecule has 11 heteroatoms. The number of morpholine rings is 1. The van der Waals surface area contributed by atoms with Gasteiger partial charge in [0.25, 0.3) is 0 Å². The number of ether oxygens (including phenoxy) is 1. The Balaban J connectivity index is 1.58. The summed E-state index contributed by atoms with van der Waals surface area (Å²) in [7, 11) is 0. The lowest BCUT2D eigenvalue weighted by Crippen LogP contribution is -2.37. The molecule has 0 spiro atoms. The molecule has 0 unspecified atom stereocenters. The number of halogens is 3. The number of hydrogen-bond donors (Lipinski definition) is 2. The van der Waals surface area contributed by atoms with Gasteiger partial charge in [0, 0.05) is 24.3 Å². The van der Waals surface area contributed by atoms with Crippen molar-refractivity contribution in [3.05, 3.63) is 65.7 Å². The summed E-state index contributed by atoms with van der Waals surface area (Å²) in [5.74, 6) is 0.789. The van der Waals surface area contributed by atoms with Crippen molar-refractivity contribution in [1.82, 2.24) is 15.0 Å². The van der Waals surface area contributed by atoms with E-state index in [1.165, 1.54) is 18.2 Å². The number of nitrogens with one attached hydrogen (secondary N) is 2. The van der Waals surface area contributed by atoms with Crippen LogP contribution in [-0.2, 0) is 10.9 Å². The molecule has 0 aliphatic carbocycles. The smallest absolute Gasteiger partial charge is 0.378 e. The lowest BCUT2D eigenvalue weighted by atomic mass is 10.1. The maximum Gasteiger partial charge on any atom is 0.417 e. The number of hydrogen-bond acceptors (Lipinski definition) is 8. The zero-order valence-electron chi connectivity index (χ0n) is 16.9. The van der Waals surface area contributed by atoms with Crippen LogP contribution in [0.15, 0.2) is 59.7 Å². The second-order valence-corrected chi connectivity index (χ2v) is 6.83. The van der Waals surface area contributed by atoms with E-state index in [4.69, 9.17) is 4.74 Å². The van der Waals surface area contributed by atoms with Crippen LogP contribution in [0.2, 0.25) is 0 Å². The van der Waals surface area contributed by atoms with Crippen molar-refractivity contribution in [1.29, 1.82) is 0 Å². The summed E-state index contributed by atoms with van der Waals surface area (Å²) in [5.41, 5.74) is 2.55. The summed E-state index contributed by atoms with van der Waals surface area (Å²) in [6, 6.07) is 14.5. The van der Waals surface area contributed by atoms with Gasteiger partial charge in [-0.15, -0.1) is 0 Å². The standard InChI is InChI=1S/C21H20F3N7O/c22-21(23,24)17-9-5-4-6-15(17)14-25-30-19-27-18(26-16-7-2-1-3-8-16)28-20(29-19)31-10-12-32-13-11-31/h1-9,14H,10-13H2,(H2,26,27,28,29,30)/b25-14+. The SMILES string of the molecule is FC(F)(F)c1ccccc1/C=N/Nc1nc(Nc2ccccc2)nc(N2CCOCC2)n1. The van der Waals surface area contributed by atoms with Crippen LogP contribution >= 0.6 is 0 Å². The maximum atomic E-state index is 13.2. The van der Waals surface area contributed by atoms with Gasteiger partial charge in [-0.3, -0.25) is 0 Å². The zero-order chi connectivity index (χ0) is 22.4. The molecule has 8 nitrogen and oxygen atoms in total. The average molecular weight is 443 g/mol. The first-order chi connectivity index (χ1) is 15.5. The van der Waals surface area contributed by atoms with Crippen molar-refractivity contribution in [2.75, 3.05) is 41.9 Å². The Morgan fingerprint density at radius 1 is 0.906 bits per heavy atom. The summed E-state index contributed by atoms with van der Waals surface area (Å²) in [6.45, 7) is 2.30. The predicted molar refractivity (Wildman–Crippen MR) is 115 cm³/mol. The van der Waals surface area contributed by atoms with Crippen molar-refractivity contribution >= 4 is 29.7 Å². The minimum Gasteiger partial charge on any atom is -0.378 e. The lowest BCUT2D eigenvalue weighted by Gasteiger charge is -2.27. The second-order valence-electron chi connectivity index (χ2n) is 6.83. The highest BCUT2D eigenvalue weighted by Gasteiger charge is 2.32. The molecule has 0 saturated carbocycles. The van der Waals surface area contributed by atoms with Gasteiger partial charge in [-0.2, -0.15) is 33.2 Å². The third-order valence-electron chi connectivity index (χ3n) is 4.58. The quantitative estimate of drug-likeness (QED) is 0.441. The van der Waals surface area contributed by atoms with Crippen LogP contribution in [0.1, 0.15) is 11.1 Å². The molecule has 0 amide bonds. The van der Waals surface area contributed by atoms with Crippen LogP contribution in [0.5, 0.6) is 0 Å². The summed E-state index contributed by atoms with van der Waals surface area (Å²) >= 11 is 0. The van der Waals surface area contributed by atoms with Crippen molar-refractivity contribution < 1.29 is 17.9 Å². The molecule has 1 fully saturated rings. The second kappa shape index (κ2) is 9.60. The minimum atomic E-state index is -4.48. The zero-order valence-corrected chi connectivity index (χ0v) is 16.9. The first-order valence-electron chi connectivity index (χ1n) is 9.85. The van der Waals surface area contributed by atoms with Crippen molar-refractivity contribution in [3.8, 4) is 0 Å². The topological polar surface area (TPSA) is 87.6 Å². The van der Waals surface area contributed by atoms with Crippen LogP contribution in [0.4, 0.5) is 36.7 Å². The van der Waals surface area contributed by atoms with Gasteiger partial charge in [0.05, 0.1) is 25.0 Å². The van der Waals surface area contributed by atoms with E-state index in [0.29, 0.717) is 32.3 Å². The van der Waals surface area contributed by atoms with E-state index in [1.54, 1.807) is 0 Å². The first-order valence-corrected chi connectivity index (χ1v) is 9.85. The van der Waals surface area contributed by atoms with Gasteiger partial charge in [0.1, 0.15) is 0 Å². The van der Waals surface area contributed by atoms with Gasteiger partial charge in [-0.05, 0) is 18.2 Å². The molecule has 0 atom stereocenters. The van der Waals surface area contributed by atoms with E-state index >= 15 is 0 Å². The number of nitrogens with zero attached hydrogens (tertiary/aromatic N) is 5. The van der Waals surface area contributed by atoms with Crippen molar-refractivity contribution in [2.24, 2.45) is 5.10 Å². The van der Waals surface area contributed by atoms with E-state index in [1.807, 2.05) is 35.2 Å². The summed E-state index contributed by atoms with van der Waals surface area (Å²) in [4.78, 5) is 15.1. The molecular weight excluding hydrogens is 423 g/mol.